The topological polar surface area (TPSA) is 19.4 Å². The van der Waals surface area contributed by atoms with Crippen LogP contribution in [-0.2, 0) is 6.42 Å². The number of benzene rings is 7. The molecule has 50 heavy (non-hydrogen) atoms. The number of aromatic nitrogens is 1. The van der Waals surface area contributed by atoms with Gasteiger partial charge in [0.2, 0.25) is 0 Å². The average Bonchev–Trinajstić information content (AvgIpc) is 3.19. The van der Waals surface area contributed by atoms with Crippen LogP contribution < -0.4 is 9.80 Å². The van der Waals surface area contributed by atoms with Gasteiger partial charge in [0, 0.05) is 27.8 Å². The lowest BCUT2D eigenvalue weighted by Crippen LogP contribution is -2.33. The molecule has 7 aromatic carbocycles. The van der Waals surface area contributed by atoms with E-state index < -0.39 is 0 Å². The molecular formula is C47H33N3. The second-order valence-electron chi connectivity index (χ2n) is 13.1. The molecule has 1 aromatic heterocycles. The third-order valence-corrected chi connectivity index (χ3v) is 10.3. The van der Waals surface area contributed by atoms with E-state index in [0.29, 0.717) is 0 Å². The number of nitrogens with zero attached hydrogens (tertiary/aromatic N) is 3. The predicted molar refractivity (Wildman–Crippen MR) is 211 cm³/mol. The van der Waals surface area contributed by atoms with Crippen LogP contribution in [0, 0.1) is 0 Å². The van der Waals surface area contributed by atoms with E-state index in [9.17, 15) is 0 Å². The Morgan fingerprint density at radius 3 is 2.12 bits per heavy atom. The van der Waals surface area contributed by atoms with E-state index in [1.807, 2.05) is 0 Å². The van der Waals surface area contributed by atoms with Crippen LogP contribution in [0.2, 0.25) is 0 Å². The third-order valence-electron chi connectivity index (χ3n) is 10.3. The lowest BCUT2D eigenvalue weighted by atomic mass is 9.78. The Labute approximate surface area is 291 Å². The van der Waals surface area contributed by atoms with E-state index in [0.717, 1.165) is 40.2 Å². The first-order chi connectivity index (χ1) is 24.8. The van der Waals surface area contributed by atoms with Crippen molar-refractivity contribution in [1.82, 2.24) is 4.98 Å². The van der Waals surface area contributed by atoms with Gasteiger partial charge in [-0.3, -0.25) is 0 Å². The normalized spacial score (nSPS) is 14.6. The molecule has 0 aliphatic heterocycles. The van der Waals surface area contributed by atoms with Crippen LogP contribution in [0.3, 0.4) is 0 Å². The molecule has 2 aliphatic carbocycles. The highest BCUT2D eigenvalue weighted by atomic mass is 15.2. The zero-order valence-corrected chi connectivity index (χ0v) is 27.4. The summed E-state index contributed by atoms with van der Waals surface area (Å²) in [5.74, 6) is 0.937. The second-order valence-corrected chi connectivity index (χ2v) is 13.1. The molecule has 3 heteroatoms. The molecule has 236 valence electrons. The van der Waals surface area contributed by atoms with Crippen LogP contribution in [0.1, 0.15) is 16.7 Å². The summed E-state index contributed by atoms with van der Waals surface area (Å²) < 4.78 is 0. The first-order valence-corrected chi connectivity index (χ1v) is 17.3. The number of rotatable bonds is 6. The number of fused-ring (bicyclic) bond motifs is 2. The van der Waals surface area contributed by atoms with Crippen LogP contribution in [0.15, 0.2) is 176 Å². The van der Waals surface area contributed by atoms with Gasteiger partial charge in [-0.25, -0.2) is 4.98 Å². The number of hydrogen-bond donors (Lipinski definition) is 0. The molecule has 10 rings (SSSR count). The molecule has 1 unspecified atom stereocenters. The maximum atomic E-state index is 5.21. The maximum absolute atomic E-state index is 5.21. The Bertz CT molecular complexity index is 2640. The van der Waals surface area contributed by atoms with Crippen molar-refractivity contribution >= 4 is 72.7 Å². The van der Waals surface area contributed by atoms with Gasteiger partial charge >= 0.3 is 0 Å². The second kappa shape index (κ2) is 11.6. The van der Waals surface area contributed by atoms with Crippen LogP contribution in [0.4, 0.5) is 28.6 Å². The van der Waals surface area contributed by atoms with Crippen LogP contribution in [-0.4, -0.2) is 11.0 Å². The summed E-state index contributed by atoms with van der Waals surface area (Å²) in [7, 11) is 0. The summed E-state index contributed by atoms with van der Waals surface area (Å²) in [5.41, 5.74) is 10.8. The van der Waals surface area contributed by atoms with E-state index in [-0.39, 0.29) is 6.04 Å². The molecule has 2 aliphatic rings. The van der Waals surface area contributed by atoms with E-state index in [1.165, 1.54) is 49.5 Å². The van der Waals surface area contributed by atoms with Crippen LogP contribution in [0.25, 0.3) is 44.1 Å². The molecule has 0 radical (unpaired) electrons. The van der Waals surface area contributed by atoms with Crippen molar-refractivity contribution in [2.45, 2.75) is 12.5 Å². The van der Waals surface area contributed by atoms with Gasteiger partial charge in [-0.2, -0.15) is 0 Å². The highest BCUT2D eigenvalue weighted by molar-refractivity contribution is 6.10. The molecular weight excluding hydrogens is 607 g/mol. The highest BCUT2D eigenvalue weighted by Crippen LogP contribution is 2.48. The summed E-state index contributed by atoms with van der Waals surface area (Å²) >= 11 is 0. The van der Waals surface area contributed by atoms with Gasteiger partial charge in [0.15, 0.2) is 0 Å². The fourth-order valence-electron chi connectivity index (χ4n) is 7.98. The van der Waals surface area contributed by atoms with Gasteiger partial charge in [0.25, 0.3) is 0 Å². The average molecular weight is 640 g/mol. The summed E-state index contributed by atoms with van der Waals surface area (Å²) in [5, 5.41) is 6.21. The molecule has 3 nitrogen and oxygen atoms in total. The number of para-hydroxylation sites is 3. The Morgan fingerprint density at radius 1 is 0.560 bits per heavy atom. The summed E-state index contributed by atoms with van der Waals surface area (Å²) in [6.07, 6.45) is 7.99. The minimum absolute atomic E-state index is 0.0216. The summed E-state index contributed by atoms with van der Waals surface area (Å²) in [4.78, 5) is 10.0. The standard InChI is InChI=1S/C47H33N3/c1-3-14-37(15-4-1)49(39-25-19-32-11-7-8-13-36(32)31-39)43-28-22-34-21-27-41-44(29-23-35-20-26-40(43)46(34)47(35)41)50(38-16-5-2-6-17-38)45-30-24-33-12-9-10-18-42(33)48-45/h1-20,22-31,44H,21H2. The zero-order chi connectivity index (χ0) is 33.0. The quantitative estimate of drug-likeness (QED) is 0.180. The maximum Gasteiger partial charge on any atom is 0.134 e. The van der Waals surface area contributed by atoms with Crippen molar-refractivity contribution in [3.8, 4) is 0 Å². The molecule has 0 saturated heterocycles. The number of hydrogen-bond acceptors (Lipinski definition) is 3. The van der Waals surface area contributed by atoms with Gasteiger partial charge in [-0.1, -0.05) is 121 Å². The molecule has 0 fully saturated rings. The zero-order valence-electron chi connectivity index (χ0n) is 27.4. The smallest absolute Gasteiger partial charge is 0.134 e. The highest BCUT2D eigenvalue weighted by Gasteiger charge is 2.32. The van der Waals surface area contributed by atoms with Gasteiger partial charge in [0.05, 0.1) is 17.2 Å². The Morgan fingerprint density at radius 2 is 1.28 bits per heavy atom. The van der Waals surface area contributed by atoms with Crippen LogP contribution in [0.5, 0.6) is 0 Å². The van der Waals surface area contributed by atoms with Crippen LogP contribution >= 0.6 is 0 Å². The van der Waals surface area contributed by atoms with Crippen molar-refractivity contribution in [2.24, 2.45) is 0 Å². The number of anilines is 5. The summed E-state index contributed by atoms with van der Waals surface area (Å²) in [6, 6.07) is 58.8. The fraction of sp³-hybridized carbons (Fsp3) is 0.0426. The lowest BCUT2D eigenvalue weighted by Gasteiger charge is -2.38. The van der Waals surface area contributed by atoms with Crippen molar-refractivity contribution in [1.29, 1.82) is 0 Å². The van der Waals surface area contributed by atoms with E-state index in [4.69, 9.17) is 4.98 Å². The summed E-state index contributed by atoms with van der Waals surface area (Å²) in [6.45, 7) is 0. The minimum Gasteiger partial charge on any atom is -0.315 e. The molecule has 0 bridgehead atoms. The Balaban J connectivity index is 1.16. The van der Waals surface area contributed by atoms with Crippen molar-refractivity contribution in [3.05, 3.63) is 193 Å². The van der Waals surface area contributed by atoms with Gasteiger partial charge in [-0.05, 0) is 106 Å². The largest absolute Gasteiger partial charge is 0.315 e. The number of pyridine rings is 1. The molecule has 0 amide bonds. The van der Waals surface area contributed by atoms with Gasteiger partial charge in [-0.15, -0.1) is 0 Å². The van der Waals surface area contributed by atoms with E-state index >= 15 is 0 Å². The fourth-order valence-corrected chi connectivity index (χ4v) is 7.98. The molecule has 1 atom stereocenters. The van der Waals surface area contributed by atoms with Crippen molar-refractivity contribution in [2.75, 3.05) is 9.80 Å². The van der Waals surface area contributed by atoms with E-state index in [2.05, 4.69) is 192 Å². The third kappa shape index (κ3) is 4.62. The van der Waals surface area contributed by atoms with Gasteiger partial charge in [0.1, 0.15) is 5.82 Å². The molecule has 8 aromatic rings. The van der Waals surface area contributed by atoms with Crippen molar-refractivity contribution in [3.63, 3.8) is 0 Å². The SMILES string of the molecule is C1=CC(N(c2ccccc2)c2ccc3ccccc3n2)C2=CCc3ccc(N(c4ccccc4)c4ccc5ccccc5c4)c4ccc1c2c34. The first-order valence-electron chi connectivity index (χ1n) is 17.3. The monoisotopic (exact) mass is 639 g/mol. The Hall–Kier alpha value is -6.45. The van der Waals surface area contributed by atoms with Gasteiger partial charge < -0.3 is 9.80 Å². The number of allylic oxidation sites excluding steroid dienone is 1. The van der Waals surface area contributed by atoms with Crippen molar-refractivity contribution < 1.29 is 0 Å². The molecule has 1 heterocycles. The first kappa shape index (κ1) is 28.6. The molecule has 0 spiro atoms. The minimum atomic E-state index is -0.0216. The molecule has 0 N–H and O–H groups in total. The Kier molecular flexibility index (Phi) is 6.63. The molecule has 0 saturated carbocycles. The van der Waals surface area contributed by atoms with E-state index in [1.54, 1.807) is 0 Å². The predicted octanol–water partition coefficient (Wildman–Crippen LogP) is 12.2. The lowest BCUT2D eigenvalue weighted by molar-refractivity contribution is 0.931.